The molecule has 0 aromatic heterocycles. The first-order chi connectivity index (χ1) is 7.49. The Balaban J connectivity index is 1.81. The summed E-state index contributed by atoms with van der Waals surface area (Å²) in [6, 6.07) is 0.809. The number of nitrogens with one attached hydrogen (secondary N) is 1. The third-order valence-corrected chi connectivity index (χ3v) is 5.73. The van der Waals surface area contributed by atoms with Crippen molar-refractivity contribution in [3.8, 4) is 0 Å². The lowest BCUT2D eigenvalue weighted by atomic mass is 9.91. The molecular formula is C11H22N2O2S. The van der Waals surface area contributed by atoms with Gasteiger partial charge in [-0.1, -0.05) is 0 Å². The summed E-state index contributed by atoms with van der Waals surface area (Å²) >= 11 is 0. The van der Waals surface area contributed by atoms with Crippen molar-refractivity contribution in [3.05, 3.63) is 0 Å². The van der Waals surface area contributed by atoms with Crippen LogP contribution in [0.2, 0.25) is 0 Å². The average Bonchev–Trinajstić information content (AvgIpc) is 3.01. The van der Waals surface area contributed by atoms with Crippen molar-refractivity contribution >= 4 is 10.0 Å². The number of hydrogen-bond acceptors (Lipinski definition) is 3. The molecule has 0 radical (unpaired) electrons. The summed E-state index contributed by atoms with van der Waals surface area (Å²) in [4.78, 5) is 2.24. The van der Waals surface area contributed by atoms with Crippen molar-refractivity contribution in [1.29, 1.82) is 0 Å². The fourth-order valence-electron chi connectivity index (χ4n) is 2.42. The lowest BCUT2D eigenvalue weighted by Gasteiger charge is -2.32. The van der Waals surface area contributed by atoms with Gasteiger partial charge in [0.05, 0.1) is 5.25 Å². The predicted molar refractivity (Wildman–Crippen MR) is 64.8 cm³/mol. The van der Waals surface area contributed by atoms with E-state index in [1.165, 1.54) is 0 Å². The van der Waals surface area contributed by atoms with Crippen LogP contribution < -0.4 is 4.72 Å². The molecule has 0 spiro atoms. The van der Waals surface area contributed by atoms with Crippen LogP contribution in [0.25, 0.3) is 0 Å². The first kappa shape index (κ1) is 12.3. The molecule has 2 saturated carbocycles. The molecule has 0 atom stereocenters. The normalized spacial score (nSPS) is 31.9. The first-order valence-corrected chi connectivity index (χ1v) is 7.71. The van der Waals surface area contributed by atoms with E-state index in [-0.39, 0.29) is 11.3 Å². The molecule has 0 heterocycles. The van der Waals surface area contributed by atoms with E-state index in [0.717, 1.165) is 38.5 Å². The third-order valence-electron chi connectivity index (χ3n) is 3.72. The lowest BCUT2D eigenvalue weighted by molar-refractivity contribution is 0.212. The van der Waals surface area contributed by atoms with E-state index in [0.29, 0.717) is 6.04 Å². The van der Waals surface area contributed by atoms with E-state index >= 15 is 0 Å². The molecule has 5 heteroatoms. The van der Waals surface area contributed by atoms with Gasteiger partial charge in [0, 0.05) is 12.1 Å². The van der Waals surface area contributed by atoms with Gasteiger partial charge in [-0.05, 0) is 52.6 Å². The maximum absolute atomic E-state index is 11.8. The minimum atomic E-state index is -2.99. The van der Waals surface area contributed by atoms with Crippen LogP contribution in [0, 0.1) is 0 Å². The molecule has 0 aromatic carbocycles. The molecule has 2 fully saturated rings. The summed E-state index contributed by atoms with van der Waals surface area (Å²) in [5.41, 5.74) is 0. The van der Waals surface area contributed by atoms with Crippen LogP contribution in [0.3, 0.4) is 0 Å². The fraction of sp³-hybridized carbons (Fsp3) is 1.00. The van der Waals surface area contributed by atoms with Crippen molar-refractivity contribution in [2.75, 3.05) is 14.1 Å². The van der Waals surface area contributed by atoms with E-state index in [1.807, 2.05) is 0 Å². The van der Waals surface area contributed by atoms with E-state index in [2.05, 4.69) is 23.7 Å². The quantitative estimate of drug-likeness (QED) is 0.803. The zero-order chi connectivity index (χ0) is 11.8. The van der Waals surface area contributed by atoms with Crippen LogP contribution in [0.4, 0.5) is 0 Å². The predicted octanol–water partition coefficient (Wildman–Crippen LogP) is 0.941. The Kier molecular flexibility index (Phi) is 3.56. The molecular weight excluding hydrogens is 224 g/mol. The highest BCUT2D eigenvalue weighted by molar-refractivity contribution is 7.90. The van der Waals surface area contributed by atoms with Gasteiger partial charge in [0.15, 0.2) is 0 Å². The van der Waals surface area contributed by atoms with Gasteiger partial charge in [-0.2, -0.15) is 0 Å². The molecule has 1 N–H and O–H groups in total. The SMILES string of the molecule is CN(C)C1CCC(NS(=O)(=O)C2CC2)CC1. The Morgan fingerprint density at radius 2 is 1.56 bits per heavy atom. The zero-order valence-corrected chi connectivity index (χ0v) is 11.0. The van der Waals surface area contributed by atoms with Crippen LogP contribution in [0.15, 0.2) is 0 Å². The highest BCUT2D eigenvalue weighted by Crippen LogP contribution is 2.29. The second-order valence-corrected chi connectivity index (χ2v) is 7.32. The number of hydrogen-bond donors (Lipinski definition) is 1. The highest BCUT2D eigenvalue weighted by Gasteiger charge is 2.37. The smallest absolute Gasteiger partial charge is 0.214 e. The molecule has 0 aromatic rings. The Hall–Kier alpha value is -0.130. The van der Waals surface area contributed by atoms with Gasteiger partial charge >= 0.3 is 0 Å². The van der Waals surface area contributed by atoms with Crippen LogP contribution in [0.5, 0.6) is 0 Å². The van der Waals surface area contributed by atoms with Crippen molar-refractivity contribution in [2.24, 2.45) is 0 Å². The Morgan fingerprint density at radius 1 is 1.00 bits per heavy atom. The van der Waals surface area contributed by atoms with Gasteiger partial charge in [-0.15, -0.1) is 0 Å². The molecule has 0 unspecified atom stereocenters. The summed E-state index contributed by atoms with van der Waals surface area (Å²) < 4.78 is 26.4. The van der Waals surface area contributed by atoms with E-state index in [4.69, 9.17) is 0 Å². The summed E-state index contributed by atoms with van der Waals surface area (Å²) in [6.45, 7) is 0. The summed E-state index contributed by atoms with van der Waals surface area (Å²) in [6.07, 6.45) is 5.87. The van der Waals surface area contributed by atoms with Crippen molar-refractivity contribution in [1.82, 2.24) is 9.62 Å². The number of sulfonamides is 1. The standard InChI is InChI=1S/C11H22N2O2S/c1-13(2)10-5-3-9(4-6-10)12-16(14,15)11-7-8-11/h9-12H,3-8H2,1-2H3. The molecule has 0 bridgehead atoms. The minimum absolute atomic E-state index is 0.0842. The summed E-state index contributed by atoms with van der Waals surface area (Å²) in [7, 11) is 1.21. The topological polar surface area (TPSA) is 49.4 Å². The van der Waals surface area contributed by atoms with Crippen LogP contribution in [-0.2, 0) is 10.0 Å². The molecule has 0 amide bonds. The molecule has 94 valence electrons. The van der Waals surface area contributed by atoms with E-state index < -0.39 is 10.0 Å². The monoisotopic (exact) mass is 246 g/mol. The maximum Gasteiger partial charge on any atom is 0.214 e. The van der Waals surface area contributed by atoms with Gasteiger partial charge in [-0.25, -0.2) is 13.1 Å². The summed E-state index contributed by atoms with van der Waals surface area (Å²) in [5.74, 6) is 0. The molecule has 2 rings (SSSR count). The van der Waals surface area contributed by atoms with Crippen LogP contribution >= 0.6 is 0 Å². The van der Waals surface area contributed by atoms with Crippen molar-refractivity contribution < 1.29 is 8.42 Å². The van der Waals surface area contributed by atoms with Gasteiger partial charge in [-0.3, -0.25) is 0 Å². The Bertz CT molecular complexity index is 328. The van der Waals surface area contributed by atoms with E-state index in [1.54, 1.807) is 0 Å². The van der Waals surface area contributed by atoms with Gasteiger partial charge < -0.3 is 4.90 Å². The van der Waals surface area contributed by atoms with Crippen molar-refractivity contribution in [2.45, 2.75) is 55.9 Å². The average molecular weight is 246 g/mol. The minimum Gasteiger partial charge on any atom is -0.306 e. The largest absolute Gasteiger partial charge is 0.306 e. The van der Waals surface area contributed by atoms with E-state index in [9.17, 15) is 8.42 Å². The number of rotatable bonds is 4. The van der Waals surface area contributed by atoms with Gasteiger partial charge in [0.2, 0.25) is 10.0 Å². The summed E-state index contributed by atoms with van der Waals surface area (Å²) in [5, 5.41) is -0.0842. The second-order valence-electron chi connectivity index (χ2n) is 5.33. The third kappa shape index (κ3) is 2.96. The van der Waals surface area contributed by atoms with Crippen LogP contribution in [-0.4, -0.2) is 44.7 Å². The van der Waals surface area contributed by atoms with Gasteiger partial charge in [0.25, 0.3) is 0 Å². The van der Waals surface area contributed by atoms with Crippen LogP contribution in [0.1, 0.15) is 38.5 Å². The second kappa shape index (κ2) is 4.63. The maximum atomic E-state index is 11.8. The first-order valence-electron chi connectivity index (χ1n) is 6.16. The zero-order valence-electron chi connectivity index (χ0n) is 10.1. The lowest BCUT2D eigenvalue weighted by Crippen LogP contribution is -2.42. The Morgan fingerprint density at radius 3 is 2.00 bits per heavy atom. The molecule has 2 aliphatic carbocycles. The Labute approximate surface area is 98.4 Å². The van der Waals surface area contributed by atoms with Crippen molar-refractivity contribution in [3.63, 3.8) is 0 Å². The molecule has 2 aliphatic rings. The molecule has 0 saturated heterocycles. The molecule has 0 aliphatic heterocycles. The highest BCUT2D eigenvalue weighted by atomic mass is 32.2. The van der Waals surface area contributed by atoms with Gasteiger partial charge in [0.1, 0.15) is 0 Å². The molecule has 16 heavy (non-hydrogen) atoms. The number of nitrogens with zero attached hydrogens (tertiary/aromatic N) is 1. The molecule has 4 nitrogen and oxygen atoms in total. The fourth-order valence-corrected chi connectivity index (χ4v) is 4.07.